The number of likely N-dealkylation sites (tertiary alicyclic amines) is 2. The van der Waals surface area contributed by atoms with Crippen LogP contribution in [0.2, 0.25) is 5.02 Å². The Kier molecular flexibility index (Phi) is 8.70. The smallest absolute Gasteiger partial charge is 0.243 e. The van der Waals surface area contributed by atoms with Crippen molar-refractivity contribution in [3.63, 3.8) is 0 Å². The molecule has 230 valence electrons. The van der Waals surface area contributed by atoms with Gasteiger partial charge in [-0.15, -0.1) is 0 Å². The normalized spacial score (nSPS) is 29.9. The van der Waals surface area contributed by atoms with E-state index in [1.165, 1.54) is 47.1 Å². The van der Waals surface area contributed by atoms with E-state index in [4.69, 9.17) is 11.6 Å². The molecule has 0 spiro atoms. The molecule has 2 aromatic rings. The van der Waals surface area contributed by atoms with Crippen LogP contribution in [0.4, 0.5) is 8.78 Å². The Labute approximate surface area is 252 Å². The second-order valence-electron chi connectivity index (χ2n) is 12.6. The molecule has 3 saturated heterocycles. The summed E-state index contributed by atoms with van der Waals surface area (Å²) in [5, 5.41) is 22.8. The zero-order chi connectivity index (χ0) is 29.6. The molecule has 6 rings (SSSR count). The van der Waals surface area contributed by atoms with E-state index >= 15 is 0 Å². The quantitative estimate of drug-likeness (QED) is 0.434. The number of halogens is 3. The Morgan fingerprint density at radius 1 is 0.976 bits per heavy atom. The van der Waals surface area contributed by atoms with Gasteiger partial charge in [-0.05, 0) is 106 Å². The highest BCUT2D eigenvalue weighted by Crippen LogP contribution is 2.59. The number of rotatable bonds is 8. The molecule has 5 atom stereocenters. The van der Waals surface area contributed by atoms with Gasteiger partial charge in [0.2, 0.25) is 10.0 Å². The van der Waals surface area contributed by atoms with Crippen LogP contribution in [-0.2, 0) is 10.0 Å². The van der Waals surface area contributed by atoms with Gasteiger partial charge in [-0.3, -0.25) is 9.80 Å². The van der Waals surface area contributed by atoms with Gasteiger partial charge in [0.25, 0.3) is 0 Å². The van der Waals surface area contributed by atoms with Gasteiger partial charge in [-0.1, -0.05) is 18.0 Å². The van der Waals surface area contributed by atoms with Crippen molar-refractivity contribution < 1.29 is 27.4 Å². The van der Waals surface area contributed by atoms with E-state index in [0.29, 0.717) is 43.7 Å². The SMILES string of the molecule is O=S(=O)(c1ccc(Cl)cc1)N1C(c2cc(F)cc(F)c2)CCCC1C1(C(O)N2CC(N3CCCCC3)CC2CO)CC1. The van der Waals surface area contributed by atoms with Gasteiger partial charge in [0, 0.05) is 41.2 Å². The van der Waals surface area contributed by atoms with Crippen molar-refractivity contribution in [2.45, 2.75) is 93.1 Å². The monoisotopic (exact) mass is 623 g/mol. The van der Waals surface area contributed by atoms with Crippen LogP contribution < -0.4 is 0 Å². The zero-order valence-corrected chi connectivity index (χ0v) is 25.3. The molecule has 2 aromatic carbocycles. The molecule has 4 fully saturated rings. The Hall–Kier alpha value is -1.66. The van der Waals surface area contributed by atoms with Crippen molar-refractivity contribution in [2.24, 2.45) is 5.41 Å². The molecule has 42 heavy (non-hydrogen) atoms. The van der Waals surface area contributed by atoms with Crippen LogP contribution in [-0.4, -0.2) is 83.3 Å². The Bertz CT molecular complexity index is 1350. The summed E-state index contributed by atoms with van der Waals surface area (Å²) in [5.41, 5.74) is -0.492. The molecule has 0 bridgehead atoms. The van der Waals surface area contributed by atoms with Crippen molar-refractivity contribution in [3.8, 4) is 0 Å². The standard InChI is InChI=1S/C31H40ClF2N3O4S/c32-22-7-9-27(10-8-22)42(40,41)37-28(21-15-23(33)17-24(34)16-21)5-4-6-29(37)31(11-12-31)30(39)36-19-25(18-26(36)20-38)35-13-2-1-3-14-35/h7-10,15-17,25-26,28-30,38-39H,1-6,11-14,18-20H2. The highest BCUT2D eigenvalue weighted by atomic mass is 35.5. The maximum Gasteiger partial charge on any atom is 0.243 e. The number of benzene rings is 2. The first-order valence-corrected chi connectivity index (χ1v) is 17.0. The van der Waals surface area contributed by atoms with Gasteiger partial charge in [-0.25, -0.2) is 17.2 Å². The summed E-state index contributed by atoms with van der Waals surface area (Å²) < 4.78 is 59.1. The minimum atomic E-state index is -4.16. The largest absolute Gasteiger partial charge is 0.395 e. The molecule has 0 aromatic heterocycles. The predicted octanol–water partition coefficient (Wildman–Crippen LogP) is 4.92. The third kappa shape index (κ3) is 5.64. The van der Waals surface area contributed by atoms with Gasteiger partial charge in [0.1, 0.15) is 17.9 Å². The number of piperidine rings is 2. The van der Waals surface area contributed by atoms with Crippen LogP contribution in [0.3, 0.4) is 0 Å². The molecular weight excluding hydrogens is 584 g/mol. The predicted molar refractivity (Wildman–Crippen MR) is 156 cm³/mol. The highest BCUT2D eigenvalue weighted by Gasteiger charge is 2.62. The van der Waals surface area contributed by atoms with Crippen LogP contribution in [0, 0.1) is 17.0 Å². The van der Waals surface area contributed by atoms with E-state index in [-0.39, 0.29) is 29.1 Å². The molecule has 0 amide bonds. The van der Waals surface area contributed by atoms with Crippen molar-refractivity contribution in [3.05, 3.63) is 64.7 Å². The summed E-state index contributed by atoms with van der Waals surface area (Å²) in [4.78, 5) is 4.50. The summed E-state index contributed by atoms with van der Waals surface area (Å²) in [6, 6.07) is 7.77. The van der Waals surface area contributed by atoms with Crippen molar-refractivity contribution in [1.82, 2.24) is 14.1 Å². The van der Waals surface area contributed by atoms with E-state index in [2.05, 4.69) is 4.90 Å². The second-order valence-corrected chi connectivity index (χ2v) is 14.9. The second kappa shape index (κ2) is 12.0. The van der Waals surface area contributed by atoms with Gasteiger partial charge in [-0.2, -0.15) is 4.31 Å². The zero-order valence-electron chi connectivity index (χ0n) is 23.7. The van der Waals surface area contributed by atoms with Crippen molar-refractivity contribution in [1.29, 1.82) is 0 Å². The highest BCUT2D eigenvalue weighted by molar-refractivity contribution is 7.89. The van der Waals surface area contributed by atoms with Gasteiger partial charge in [0.05, 0.1) is 17.5 Å². The molecular formula is C31H40ClF2N3O4S. The molecule has 1 saturated carbocycles. The first-order valence-electron chi connectivity index (χ1n) is 15.2. The fourth-order valence-electron chi connectivity index (χ4n) is 7.84. The topological polar surface area (TPSA) is 84.3 Å². The lowest BCUT2D eigenvalue weighted by Gasteiger charge is -2.48. The maximum atomic E-state index is 14.4. The van der Waals surface area contributed by atoms with E-state index in [1.54, 1.807) is 0 Å². The Morgan fingerprint density at radius 3 is 2.26 bits per heavy atom. The van der Waals surface area contributed by atoms with Gasteiger partial charge in [0.15, 0.2) is 0 Å². The molecule has 7 nitrogen and oxygen atoms in total. The number of hydrogen-bond donors (Lipinski definition) is 2. The van der Waals surface area contributed by atoms with Crippen LogP contribution in [0.15, 0.2) is 47.4 Å². The van der Waals surface area contributed by atoms with Crippen molar-refractivity contribution in [2.75, 3.05) is 26.2 Å². The first kappa shape index (κ1) is 30.4. The molecule has 1 aliphatic carbocycles. The molecule has 2 N–H and O–H groups in total. The average Bonchev–Trinajstić information content (AvgIpc) is 3.68. The van der Waals surface area contributed by atoms with Crippen molar-refractivity contribution >= 4 is 21.6 Å². The lowest BCUT2D eigenvalue weighted by Crippen LogP contribution is -2.57. The third-order valence-corrected chi connectivity index (χ3v) is 12.3. The van der Waals surface area contributed by atoms with E-state index in [1.807, 2.05) is 4.90 Å². The molecule has 0 radical (unpaired) electrons. The molecule has 3 heterocycles. The summed E-state index contributed by atoms with van der Waals surface area (Å²) in [5.74, 6) is -1.52. The van der Waals surface area contributed by atoms with Crippen LogP contribution in [0.1, 0.15) is 69.4 Å². The van der Waals surface area contributed by atoms with E-state index in [9.17, 15) is 27.4 Å². The first-order chi connectivity index (χ1) is 20.1. The summed E-state index contributed by atoms with van der Waals surface area (Å²) in [7, 11) is -4.16. The minimum Gasteiger partial charge on any atom is -0.395 e. The molecule has 3 aliphatic heterocycles. The number of nitrogens with zero attached hydrogens (tertiary/aromatic N) is 3. The summed E-state index contributed by atoms with van der Waals surface area (Å²) in [6.45, 7) is 2.56. The number of sulfonamides is 1. The van der Waals surface area contributed by atoms with Crippen LogP contribution in [0.25, 0.3) is 0 Å². The number of hydrogen-bond acceptors (Lipinski definition) is 6. The molecule has 11 heteroatoms. The van der Waals surface area contributed by atoms with Gasteiger partial charge < -0.3 is 10.2 Å². The average molecular weight is 624 g/mol. The lowest BCUT2D eigenvalue weighted by atomic mass is 9.83. The molecule has 5 unspecified atom stereocenters. The Morgan fingerprint density at radius 2 is 1.64 bits per heavy atom. The molecule has 4 aliphatic rings. The third-order valence-electron chi connectivity index (χ3n) is 10.1. The number of aliphatic hydroxyl groups excluding tert-OH is 2. The fraction of sp³-hybridized carbons (Fsp3) is 0.613. The van der Waals surface area contributed by atoms with Gasteiger partial charge >= 0.3 is 0 Å². The minimum absolute atomic E-state index is 0.0468. The van der Waals surface area contributed by atoms with Crippen LogP contribution >= 0.6 is 11.6 Å². The van der Waals surface area contributed by atoms with Crippen LogP contribution in [0.5, 0.6) is 0 Å². The summed E-state index contributed by atoms with van der Waals surface area (Å²) >= 11 is 6.07. The lowest BCUT2D eigenvalue weighted by molar-refractivity contribution is -0.0950. The fourth-order valence-corrected chi connectivity index (χ4v) is 9.91. The van der Waals surface area contributed by atoms with E-state index < -0.39 is 45.4 Å². The number of aliphatic hydroxyl groups is 2. The van der Waals surface area contributed by atoms with E-state index in [0.717, 1.165) is 38.4 Å². The Balaban J connectivity index is 1.36. The maximum absolute atomic E-state index is 14.4. The summed E-state index contributed by atoms with van der Waals surface area (Å²) in [6.07, 6.45) is 6.13.